The van der Waals surface area contributed by atoms with Gasteiger partial charge < -0.3 is 5.11 Å². The zero-order chi connectivity index (χ0) is 13.9. The number of aliphatic hydroxyl groups excluding tert-OH is 1. The summed E-state index contributed by atoms with van der Waals surface area (Å²) in [5, 5.41) is 10.4. The van der Waals surface area contributed by atoms with Gasteiger partial charge >= 0.3 is 0 Å². The van der Waals surface area contributed by atoms with Gasteiger partial charge in [-0.1, -0.05) is 60.5 Å². The van der Waals surface area contributed by atoms with E-state index in [1.54, 1.807) is 0 Å². The molecule has 0 bridgehead atoms. The lowest BCUT2D eigenvalue weighted by atomic mass is 9.79. The first kappa shape index (κ1) is 13.4. The molecule has 1 aliphatic rings. The van der Waals surface area contributed by atoms with E-state index in [0.29, 0.717) is 6.42 Å². The summed E-state index contributed by atoms with van der Waals surface area (Å²) in [6.07, 6.45) is 4.24. The average Bonchev–Trinajstić information content (AvgIpc) is 2.40. The van der Waals surface area contributed by atoms with Crippen molar-refractivity contribution >= 4 is 0 Å². The van der Waals surface area contributed by atoms with Gasteiger partial charge in [-0.15, -0.1) is 0 Å². The first-order valence-electron chi connectivity index (χ1n) is 7.56. The molecule has 0 aromatic heterocycles. The molecule has 0 aliphatic heterocycles. The molecule has 0 radical (unpaired) electrons. The van der Waals surface area contributed by atoms with Crippen LogP contribution in [0.25, 0.3) is 0 Å². The van der Waals surface area contributed by atoms with Crippen LogP contribution in [0.3, 0.4) is 0 Å². The van der Waals surface area contributed by atoms with Gasteiger partial charge in [0.2, 0.25) is 0 Å². The lowest BCUT2D eigenvalue weighted by molar-refractivity contribution is 0.178. The molecule has 20 heavy (non-hydrogen) atoms. The highest BCUT2D eigenvalue weighted by molar-refractivity contribution is 5.30. The molecule has 1 heteroatoms. The van der Waals surface area contributed by atoms with E-state index < -0.39 is 6.10 Å². The summed E-state index contributed by atoms with van der Waals surface area (Å²) in [5.74, 6) is 0.724. The molecule has 1 saturated carbocycles. The Balaban J connectivity index is 1.72. The van der Waals surface area contributed by atoms with E-state index >= 15 is 0 Å². The molecule has 0 amide bonds. The van der Waals surface area contributed by atoms with Crippen molar-refractivity contribution in [2.24, 2.45) is 0 Å². The number of aryl methyl sites for hydroxylation is 1. The van der Waals surface area contributed by atoms with Crippen LogP contribution in [0.4, 0.5) is 0 Å². The van der Waals surface area contributed by atoms with Gasteiger partial charge in [0.1, 0.15) is 0 Å². The van der Waals surface area contributed by atoms with Crippen LogP contribution < -0.4 is 0 Å². The van der Waals surface area contributed by atoms with Crippen LogP contribution in [0, 0.1) is 6.92 Å². The van der Waals surface area contributed by atoms with E-state index in [1.165, 1.54) is 36.0 Å². The van der Waals surface area contributed by atoms with Crippen LogP contribution >= 0.6 is 0 Å². The van der Waals surface area contributed by atoms with Crippen molar-refractivity contribution in [3.05, 3.63) is 70.8 Å². The van der Waals surface area contributed by atoms with Crippen LogP contribution in [0.15, 0.2) is 48.5 Å². The highest BCUT2D eigenvalue weighted by Crippen LogP contribution is 2.37. The maximum absolute atomic E-state index is 10.4. The van der Waals surface area contributed by atoms with Gasteiger partial charge in [-0.3, -0.25) is 0 Å². The quantitative estimate of drug-likeness (QED) is 0.861. The first-order valence-corrected chi connectivity index (χ1v) is 7.56. The Bertz CT molecular complexity index is 567. The maximum Gasteiger partial charge on any atom is 0.0830 e. The molecule has 1 unspecified atom stereocenters. The van der Waals surface area contributed by atoms with Crippen molar-refractivity contribution in [3.8, 4) is 0 Å². The second-order valence-corrected chi connectivity index (χ2v) is 6.00. The lowest BCUT2D eigenvalue weighted by Gasteiger charge is -2.26. The fraction of sp³-hybridized carbons (Fsp3) is 0.368. The average molecular weight is 266 g/mol. The predicted molar refractivity (Wildman–Crippen MR) is 82.9 cm³/mol. The topological polar surface area (TPSA) is 20.2 Å². The fourth-order valence-corrected chi connectivity index (χ4v) is 2.83. The maximum atomic E-state index is 10.4. The van der Waals surface area contributed by atoms with E-state index in [-0.39, 0.29) is 0 Å². The summed E-state index contributed by atoms with van der Waals surface area (Å²) in [4.78, 5) is 0. The largest absolute Gasteiger partial charge is 0.388 e. The summed E-state index contributed by atoms with van der Waals surface area (Å²) in [6, 6.07) is 16.9. The lowest BCUT2D eigenvalue weighted by Crippen LogP contribution is -2.10. The van der Waals surface area contributed by atoms with Gasteiger partial charge in [-0.25, -0.2) is 0 Å². The molecule has 2 aromatic rings. The van der Waals surface area contributed by atoms with Gasteiger partial charge in [0.05, 0.1) is 6.10 Å². The fourth-order valence-electron chi connectivity index (χ4n) is 2.83. The van der Waals surface area contributed by atoms with E-state index in [0.717, 1.165) is 11.5 Å². The van der Waals surface area contributed by atoms with Crippen molar-refractivity contribution in [2.75, 3.05) is 0 Å². The smallest absolute Gasteiger partial charge is 0.0830 e. The van der Waals surface area contributed by atoms with Gasteiger partial charge in [0, 0.05) is 6.42 Å². The Morgan fingerprint density at radius 3 is 2.50 bits per heavy atom. The molecule has 0 spiro atoms. The third-order valence-electron chi connectivity index (χ3n) is 4.42. The zero-order valence-electron chi connectivity index (χ0n) is 12.0. The Morgan fingerprint density at radius 2 is 1.85 bits per heavy atom. The van der Waals surface area contributed by atoms with E-state index in [1.807, 2.05) is 6.07 Å². The van der Waals surface area contributed by atoms with Gasteiger partial charge in [-0.05, 0) is 42.4 Å². The Labute approximate surface area is 121 Å². The number of hydrogen-bond donors (Lipinski definition) is 1. The minimum absolute atomic E-state index is 0.405. The third kappa shape index (κ3) is 2.94. The summed E-state index contributed by atoms with van der Waals surface area (Å²) in [7, 11) is 0. The number of aliphatic hydroxyl groups is 1. The molecular weight excluding hydrogens is 244 g/mol. The molecule has 1 fully saturated rings. The van der Waals surface area contributed by atoms with Crippen LogP contribution in [0.2, 0.25) is 0 Å². The molecule has 1 nitrogen and oxygen atoms in total. The molecule has 1 N–H and O–H groups in total. The molecule has 0 saturated heterocycles. The van der Waals surface area contributed by atoms with Gasteiger partial charge in [0.15, 0.2) is 0 Å². The van der Waals surface area contributed by atoms with Crippen molar-refractivity contribution in [1.82, 2.24) is 0 Å². The third-order valence-corrected chi connectivity index (χ3v) is 4.42. The predicted octanol–water partition coefficient (Wildman–Crippen LogP) is 4.54. The molecule has 2 aromatic carbocycles. The van der Waals surface area contributed by atoms with Crippen molar-refractivity contribution in [1.29, 1.82) is 0 Å². The Morgan fingerprint density at radius 1 is 1.10 bits per heavy atom. The molecule has 104 valence electrons. The first-order chi connectivity index (χ1) is 9.72. The van der Waals surface area contributed by atoms with Gasteiger partial charge in [0.25, 0.3) is 0 Å². The van der Waals surface area contributed by atoms with E-state index in [9.17, 15) is 5.11 Å². The zero-order valence-corrected chi connectivity index (χ0v) is 12.0. The minimum atomic E-state index is -0.405. The minimum Gasteiger partial charge on any atom is -0.388 e. The van der Waals surface area contributed by atoms with E-state index in [2.05, 4.69) is 49.4 Å². The van der Waals surface area contributed by atoms with Crippen molar-refractivity contribution in [2.45, 2.75) is 44.6 Å². The summed E-state index contributed by atoms with van der Waals surface area (Å²) >= 11 is 0. The monoisotopic (exact) mass is 266 g/mol. The highest BCUT2D eigenvalue weighted by Gasteiger charge is 2.20. The number of hydrogen-bond acceptors (Lipinski definition) is 1. The summed E-state index contributed by atoms with van der Waals surface area (Å²) in [6.45, 7) is 2.09. The van der Waals surface area contributed by atoms with E-state index in [4.69, 9.17) is 0 Å². The van der Waals surface area contributed by atoms with Gasteiger partial charge in [-0.2, -0.15) is 0 Å². The van der Waals surface area contributed by atoms with Crippen LogP contribution in [-0.2, 0) is 6.42 Å². The molecule has 0 heterocycles. The molecule has 3 rings (SSSR count). The van der Waals surface area contributed by atoms with Crippen LogP contribution in [0.1, 0.15) is 53.5 Å². The number of rotatable bonds is 4. The normalized spacial score (nSPS) is 16.7. The van der Waals surface area contributed by atoms with Crippen LogP contribution in [-0.4, -0.2) is 5.11 Å². The second kappa shape index (κ2) is 5.80. The summed E-state index contributed by atoms with van der Waals surface area (Å²) < 4.78 is 0. The second-order valence-electron chi connectivity index (χ2n) is 6.00. The summed E-state index contributed by atoms with van der Waals surface area (Å²) in [5.41, 5.74) is 4.90. The Hall–Kier alpha value is -1.60. The van der Waals surface area contributed by atoms with Crippen molar-refractivity contribution < 1.29 is 5.11 Å². The van der Waals surface area contributed by atoms with Crippen molar-refractivity contribution in [3.63, 3.8) is 0 Å². The Kier molecular flexibility index (Phi) is 3.88. The highest BCUT2D eigenvalue weighted by atomic mass is 16.3. The molecule has 1 aliphatic carbocycles. The molecule has 1 atom stereocenters. The molecular formula is C19H22O. The standard InChI is InChI=1S/C19H22O/c1-14-8-10-15(11-9-14)12-19(20)18-7-3-6-17(13-18)16-4-2-5-16/h3,6-11,13,16,19-20H,2,4-5,12H2,1H3. The SMILES string of the molecule is Cc1ccc(CC(O)c2cccc(C3CCC3)c2)cc1. The van der Waals surface area contributed by atoms with Crippen LogP contribution in [0.5, 0.6) is 0 Å². The number of benzene rings is 2.